The van der Waals surface area contributed by atoms with Crippen LogP contribution in [0.15, 0.2) is 12.4 Å². The fourth-order valence-corrected chi connectivity index (χ4v) is 8.87. The maximum Gasteiger partial charge on any atom is 0.404 e. The molecular weight excluding hydrogens is 574 g/mol. The minimum absolute atomic E-state index is 0.00491. The maximum absolute atomic E-state index is 14.1. The third-order valence-corrected chi connectivity index (χ3v) is 11.8. The van der Waals surface area contributed by atoms with Crippen molar-refractivity contribution in [3.05, 3.63) is 18.0 Å². The molecule has 0 spiro atoms. The topological polar surface area (TPSA) is 74.8 Å². The first-order valence-electron chi connectivity index (χ1n) is 15.8. The number of nitrogens with one attached hydrogen (secondary N) is 3. The number of carbonyl (C=O) groups is 1. The summed E-state index contributed by atoms with van der Waals surface area (Å²) in [6.07, 6.45) is 9.54. The van der Waals surface area contributed by atoms with E-state index in [2.05, 4.69) is 10.6 Å². The number of alkyl halides is 5. The lowest BCUT2D eigenvalue weighted by Crippen LogP contribution is -2.54. The van der Waals surface area contributed by atoms with Crippen LogP contribution in [-0.4, -0.2) is 50.6 Å². The van der Waals surface area contributed by atoms with Crippen LogP contribution in [0.3, 0.4) is 0 Å². The highest BCUT2D eigenvalue weighted by Crippen LogP contribution is 2.46. The Balaban J connectivity index is 1.20. The maximum atomic E-state index is 14.1. The van der Waals surface area contributed by atoms with Gasteiger partial charge >= 0.3 is 6.18 Å². The molecule has 9 atom stereocenters. The molecule has 4 saturated carbocycles. The van der Waals surface area contributed by atoms with Crippen LogP contribution in [0, 0.1) is 40.9 Å². The number of amides is 1. The number of nitrogens with zero attached hydrogens (tertiary/aromatic N) is 2. The SMILES string of the molecule is N=c1n(CC2CC(C(=O)N[C@@H](C3CC3)C3CCC(Cl)C(Cl)C3)CC(C3CCCNC3C(F)(F)F)C2)ccn1C1CC1. The van der Waals surface area contributed by atoms with Gasteiger partial charge in [-0.15, -0.1) is 23.2 Å². The van der Waals surface area contributed by atoms with Gasteiger partial charge in [-0.2, -0.15) is 13.2 Å². The zero-order valence-corrected chi connectivity index (χ0v) is 25.1. The van der Waals surface area contributed by atoms with Gasteiger partial charge in [-0.1, -0.05) is 0 Å². The molecule has 6 nitrogen and oxygen atoms in total. The van der Waals surface area contributed by atoms with Crippen LogP contribution in [0.5, 0.6) is 0 Å². The molecule has 1 saturated heterocycles. The molecule has 1 amide bonds. The second kappa shape index (κ2) is 12.1. The summed E-state index contributed by atoms with van der Waals surface area (Å²) in [5.74, 6) is -0.267. The Labute approximate surface area is 250 Å². The highest BCUT2D eigenvalue weighted by Gasteiger charge is 2.50. The molecule has 3 N–H and O–H groups in total. The summed E-state index contributed by atoms with van der Waals surface area (Å²) in [5.41, 5.74) is 0.447. The van der Waals surface area contributed by atoms with Crippen LogP contribution in [-0.2, 0) is 11.3 Å². The predicted octanol–water partition coefficient (Wildman–Crippen LogP) is 5.98. The van der Waals surface area contributed by atoms with Crippen molar-refractivity contribution in [2.75, 3.05) is 6.54 Å². The average Bonchev–Trinajstić information content (AvgIpc) is 3.88. The molecule has 2 heterocycles. The van der Waals surface area contributed by atoms with E-state index in [1.165, 1.54) is 0 Å². The summed E-state index contributed by atoms with van der Waals surface area (Å²) in [6, 6.07) is -1.07. The van der Waals surface area contributed by atoms with Gasteiger partial charge in [-0.25, -0.2) is 0 Å². The Morgan fingerprint density at radius 1 is 1.00 bits per heavy atom. The highest BCUT2D eigenvalue weighted by atomic mass is 35.5. The molecule has 0 aromatic carbocycles. The van der Waals surface area contributed by atoms with Crippen LogP contribution in [0.2, 0.25) is 0 Å². The normalized spacial score (nSPS) is 37.5. The smallest absolute Gasteiger partial charge is 0.353 e. The summed E-state index contributed by atoms with van der Waals surface area (Å²) in [7, 11) is 0. The van der Waals surface area contributed by atoms with Gasteiger partial charge in [0.1, 0.15) is 6.04 Å². The van der Waals surface area contributed by atoms with Crippen LogP contribution in [0.1, 0.15) is 83.1 Å². The number of hydrogen-bond acceptors (Lipinski definition) is 3. The van der Waals surface area contributed by atoms with Crippen molar-refractivity contribution >= 4 is 29.1 Å². The van der Waals surface area contributed by atoms with Crippen LogP contribution in [0.25, 0.3) is 0 Å². The molecule has 8 unspecified atom stereocenters. The minimum atomic E-state index is -4.31. The fraction of sp³-hybridized carbons (Fsp3) is 0.867. The Bertz CT molecular complexity index is 1130. The molecule has 1 aromatic heterocycles. The van der Waals surface area contributed by atoms with E-state index in [4.69, 9.17) is 28.6 Å². The van der Waals surface area contributed by atoms with Crippen molar-refractivity contribution in [1.82, 2.24) is 19.8 Å². The number of piperidine rings is 1. The Morgan fingerprint density at radius 2 is 1.76 bits per heavy atom. The number of imidazole rings is 1. The van der Waals surface area contributed by atoms with E-state index in [-0.39, 0.29) is 40.5 Å². The molecule has 6 rings (SSSR count). The van der Waals surface area contributed by atoms with Crippen LogP contribution in [0.4, 0.5) is 13.2 Å². The van der Waals surface area contributed by atoms with E-state index in [9.17, 15) is 18.0 Å². The number of aromatic nitrogens is 2. The lowest BCUT2D eigenvalue weighted by atomic mass is 9.66. The number of carbonyl (C=O) groups excluding carboxylic acids is 1. The first-order chi connectivity index (χ1) is 19.6. The van der Waals surface area contributed by atoms with Crippen LogP contribution >= 0.6 is 23.2 Å². The number of rotatable bonds is 8. The fourth-order valence-electron chi connectivity index (χ4n) is 8.28. The Hall–Kier alpha value is -1.19. The second-order valence-corrected chi connectivity index (χ2v) is 14.8. The van der Waals surface area contributed by atoms with Gasteiger partial charge in [0.25, 0.3) is 0 Å². The van der Waals surface area contributed by atoms with E-state index in [1.54, 1.807) is 0 Å². The quantitative estimate of drug-likeness (QED) is 0.314. The van der Waals surface area contributed by atoms with Gasteiger partial charge in [-0.05, 0) is 113 Å². The van der Waals surface area contributed by atoms with Gasteiger partial charge in [0.15, 0.2) is 0 Å². The largest absolute Gasteiger partial charge is 0.404 e. The van der Waals surface area contributed by atoms with Crippen LogP contribution < -0.4 is 16.3 Å². The van der Waals surface area contributed by atoms with E-state index in [0.717, 1.165) is 51.4 Å². The first kappa shape index (κ1) is 29.9. The third kappa shape index (κ3) is 6.82. The lowest BCUT2D eigenvalue weighted by Gasteiger charge is -2.44. The molecule has 1 aliphatic heterocycles. The zero-order valence-electron chi connectivity index (χ0n) is 23.6. The van der Waals surface area contributed by atoms with Gasteiger partial charge < -0.3 is 19.8 Å². The molecule has 5 fully saturated rings. The van der Waals surface area contributed by atoms with Gasteiger partial charge in [-0.3, -0.25) is 10.2 Å². The Kier molecular flexibility index (Phi) is 8.79. The van der Waals surface area contributed by atoms with Crippen molar-refractivity contribution in [1.29, 1.82) is 5.41 Å². The van der Waals surface area contributed by atoms with Crippen molar-refractivity contribution in [3.63, 3.8) is 0 Å². The molecule has 4 aliphatic carbocycles. The minimum Gasteiger partial charge on any atom is -0.353 e. The van der Waals surface area contributed by atoms with Crippen molar-refractivity contribution < 1.29 is 18.0 Å². The van der Waals surface area contributed by atoms with Gasteiger partial charge in [0.2, 0.25) is 11.5 Å². The van der Waals surface area contributed by atoms with Crippen molar-refractivity contribution in [2.45, 2.75) is 119 Å². The summed E-state index contributed by atoms with van der Waals surface area (Å²) in [4.78, 5) is 13.9. The molecule has 230 valence electrons. The molecule has 41 heavy (non-hydrogen) atoms. The number of hydrogen-bond donors (Lipinski definition) is 3. The van der Waals surface area contributed by atoms with Crippen molar-refractivity contribution in [2.24, 2.45) is 35.5 Å². The third-order valence-electron chi connectivity index (χ3n) is 10.7. The molecule has 0 bridgehead atoms. The van der Waals surface area contributed by atoms with E-state index in [0.29, 0.717) is 62.3 Å². The highest BCUT2D eigenvalue weighted by molar-refractivity contribution is 6.30. The molecule has 0 radical (unpaired) electrons. The monoisotopic (exact) mass is 617 g/mol. The first-order valence-corrected chi connectivity index (χ1v) is 16.7. The van der Waals surface area contributed by atoms with E-state index < -0.39 is 18.1 Å². The van der Waals surface area contributed by atoms with Gasteiger partial charge in [0, 0.05) is 42.3 Å². The summed E-state index contributed by atoms with van der Waals surface area (Å²) in [5, 5.41) is 14.7. The predicted molar refractivity (Wildman–Crippen MR) is 153 cm³/mol. The van der Waals surface area contributed by atoms with Gasteiger partial charge in [0.05, 0.1) is 5.38 Å². The molecular formula is C30H44Cl2F3N5O. The molecule has 11 heteroatoms. The molecule has 1 aromatic rings. The number of halogens is 5. The van der Waals surface area contributed by atoms with Crippen molar-refractivity contribution in [3.8, 4) is 0 Å². The molecule has 5 aliphatic rings. The lowest BCUT2D eigenvalue weighted by molar-refractivity contribution is -0.179. The zero-order chi connectivity index (χ0) is 28.9. The Morgan fingerprint density at radius 3 is 2.44 bits per heavy atom. The average molecular weight is 619 g/mol. The van der Waals surface area contributed by atoms with E-state index in [1.807, 2.05) is 21.5 Å². The summed E-state index contributed by atoms with van der Waals surface area (Å²) >= 11 is 12.9. The summed E-state index contributed by atoms with van der Waals surface area (Å²) in [6.45, 7) is 0.943. The van der Waals surface area contributed by atoms with E-state index >= 15 is 0 Å². The summed E-state index contributed by atoms with van der Waals surface area (Å²) < 4.78 is 46.3. The second-order valence-electron chi connectivity index (χ2n) is 13.7. The standard InChI is InChI=1S/C30H44Cl2F3N5O/c31-24-8-5-19(15-25(24)32)26(18-3-4-18)38-28(41)21-13-17(16-39-10-11-40(29(39)36)22-6-7-22)12-20(14-21)23-2-1-9-37-27(23)30(33,34)35/h10-11,17-27,36-37H,1-9,12-16H2,(H,38,41)/t17?,19?,20?,21?,23?,24?,25?,26-,27?/m0/s1.